The Morgan fingerprint density at radius 1 is 1.04 bits per heavy atom. The molecule has 0 aliphatic carbocycles. The van der Waals surface area contributed by atoms with Crippen molar-refractivity contribution >= 4 is 23.4 Å². The van der Waals surface area contributed by atoms with Gasteiger partial charge in [0, 0.05) is 38.5 Å². The number of unbranched alkanes of at least 4 members (excludes halogenated alkanes) is 2. The summed E-state index contributed by atoms with van der Waals surface area (Å²) in [7, 11) is 0. The first-order valence-electron chi connectivity index (χ1n) is 16.6. The standard InChI is InChI=1S/C38H49N3O5/c1-7-19-39(25-29-15-11-9-12-16-29)34(43)31-32-35(44)41(21-13-10-14-22-42)33(38(32)24-28(5)37(31,6)46-38)36(45)40(20-8-2)30-23-26(3)17-18-27(30)4/h7-9,11-12,15-18,23,28,31-33,42H,1-2,10,13-14,19-22,24-25H2,3-6H3/t28?,31-,32+,33?,37+,38?/m1/s1. The Labute approximate surface area is 273 Å². The average Bonchev–Trinajstić information content (AvgIpc) is 3.55. The van der Waals surface area contributed by atoms with Crippen LogP contribution in [-0.2, 0) is 25.7 Å². The highest BCUT2D eigenvalue weighted by Crippen LogP contribution is 2.65. The van der Waals surface area contributed by atoms with Crippen LogP contribution in [0.15, 0.2) is 73.8 Å². The predicted octanol–water partition coefficient (Wildman–Crippen LogP) is 5.21. The second kappa shape index (κ2) is 13.5. The number of aryl methyl sites for hydroxylation is 2. The number of likely N-dealkylation sites (tertiary alicyclic amines) is 1. The Bertz CT molecular complexity index is 1480. The first-order chi connectivity index (χ1) is 22.0. The number of hydrogen-bond acceptors (Lipinski definition) is 5. The lowest BCUT2D eigenvalue weighted by atomic mass is 9.62. The summed E-state index contributed by atoms with van der Waals surface area (Å²) in [6, 6.07) is 14.9. The Balaban J connectivity index is 1.59. The molecular formula is C38H49N3O5. The topological polar surface area (TPSA) is 90.4 Å². The van der Waals surface area contributed by atoms with E-state index in [0.29, 0.717) is 45.3 Å². The highest BCUT2D eigenvalue weighted by Gasteiger charge is 2.80. The lowest BCUT2D eigenvalue weighted by Gasteiger charge is -2.39. The van der Waals surface area contributed by atoms with Crippen molar-refractivity contribution in [2.75, 3.05) is 31.1 Å². The number of carbonyl (C=O) groups is 3. The number of benzene rings is 2. The molecule has 8 heteroatoms. The fourth-order valence-corrected chi connectivity index (χ4v) is 8.19. The van der Waals surface area contributed by atoms with Crippen molar-refractivity contribution in [2.45, 2.75) is 77.2 Å². The smallest absolute Gasteiger partial charge is 0.253 e. The van der Waals surface area contributed by atoms with Crippen LogP contribution in [0.1, 0.15) is 56.2 Å². The van der Waals surface area contributed by atoms with Gasteiger partial charge in [0.2, 0.25) is 11.8 Å². The van der Waals surface area contributed by atoms with Crippen molar-refractivity contribution in [1.82, 2.24) is 9.80 Å². The van der Waals surface area contributed by atoms with Gasteiger partial charge < -0.3 is 24.5 Å². The molecule has 0 aromatic heterocycles. The van der Waals surface area contributed by atoms with Crippen molar-refractivity contribution in [3.63, 3.8) is 0 Å². The van der Waals surface area contributed by atoms with Crippen LogP contribution in [0.5, 0.6) is 0 Å². The van der Waals surface area contributed by atoms with E-state index in [1.165, 1.54) is 0 Å². The fourth-order valence-electron chi connectivity index (χ4n) is 8.19. The zero-order valence-electron chi connectivity index (χ0n) is 27.8. The molecule has 1 spiro atoms. The third-order valence-electron chi connectivity index (χ3n) is 10.5. The SMILES string of the molecule is C=CCN(Cc1ccccc1)C(=O)[C@H]1[C@H]2C(=O)N(CCCCCO)C(C(=O)N(CC=C)c3cc(C)ccc3C)C23CC(C)[C@]1(C)O3. The van der Waals surface area contributed by atoms with Crippen LogP contribution in [0.25, 0.3) is 0 Å². The molecular weight excluding hydrogens is 578 g/mol. The summed E-state index contributed by atoms with van der Waals surface area (Å²) in [6.07, 6.45) is 5.88. The summed E-state index contributed by atoms with van der Waals surface area (Å²) < 4.78 is 7.03. The van der Waals surface area contributed by atoms with Crippen molar-refractivity contribution in [3.8, 4) is 0 Å². The number of nitrogens with zero attached hydrogens (tertiary/aromatic N) is 3. The Morgan fingerprint density at radius 2 is 1.76 bits per heavy atom. The van der Waals surface area contributed by atoms with E-state index in [4.69, 9.17) is 4.74 Å². The molecule has 3 unspecified atom stereocenters. The normalized spacial score (nSPS) is 27.8. The minimum absolute atomic E-state index is 0.0639. The van der Waals surface area contributed by atoms with Gasteiger partial charge in [-0.15, -0.1) is 13.2 Å². The van der Waals surface area contributed by atoms with E-state index in [0.717, 1.165) is 22.4 Å². The molecule has 3 fully saturated rings. The maximum Gasteiger partial charge on any atom is 0.253 e. The monoisotopic (exact) mass is 627 g/mol. The van der Waals surface area contributed by atoms with Crippen molar-refractivity contribution in [1.29, 1.82) is 0 Å². The number of anilines is 1. The van der Waals surface area contributed by atoms with E-state index in [1.807, 2.05) is 69.3 Å². The van der Waals surface area contributed by atoms with Gasteiger partial charge >= 0.3 is 0 Å². The van der Waals surface area contributed by atoms with E-state index in [1.54, 1.807) is 26.9 Å². The number of rotatable bonds is 14. The van der Waals surface area contributed by atoms with E-state index in [-0.39, 0.29) is 36.8 Å². The van der Waals surface area contributed by atoms with Gasteiger partial charge in [-0.05, 0) is 75.1 Å². The van der Waals surface area contributed by atoms with Gasteiger partial charge in [-0.2, -0.15) is 0 Å². The number of aliphatic hydroxyl groups excluding tert-OH is 1. The van der Waals surface area contributed by atoms with Crippen LogP contribution in [0.2, 0.25) is 0 Å². The van der Waals surface area contributed by atoms with Crippen LogP contribution >= 0.6 is 0 Å². The maximum absolute atomic E-state index is 15.0. The predicted molar refractivity (Wildman–Crippen MR) is 180 cm³/mol. The summed E-state index contributed by atoms with van der Waals surface area (Å²) in [6.45, 7) is 17.2. The molecule has 2 aromatic carbocycles. The van der Waals surface area contributed by atoms with Gasteiger partial charge in [-0.25, -0.2) is 0 Å². The minimum atomic E-state index is -1.15. The molecule has 3 aliphatic rings. The summed E-state index contributed by atoms with van der Waals surface area (Å²) >= 11 is 0. The summed E-state index contributed by atoms with van der Waals surface area (Å²) in [5.74, 6) is -2.17. The zero-order valence-corrected chi connectivity index (χ0v) is 27.8. The van der Waals surface area contributed by atoms with Crippen molar-refractivity contribution < 1.29 is 24.2 Å². The van der Waals surface area contributed by atoms with Gasteiger partial charge in [0.1, 0.15) is 11.6 Å². The molecule has 2 aromatic rings. The van der Waals surface area contributed by atoms with Crippen LogP contribution in [0.3, 0.4) is 0 Å². The highest BCUT2D eigenvalue weighted by atomic mass is 16.5. The molecule has 0 radical (unpaired) electrons. The van der Waals surface area contributed by atoms with E-state index < -0.39 is 29.1 Å². The average molecular weight is 628 g/mol. The molecule has 2 bridgehead atoms. The van der Waals surface area contributed by atoms with Crippen LogP contribution in [0, 0.1) is 31.6 Å². The highest BCUT2D eigenvalue weighted by molar-refractivity contribution is 6.05. The molecule has 6 atom stereocenters. The fraction of sp³-hybridized carbons (Fsp3) is 0.500. The summed E-state index contributed by atoms with van der Waals surface area (Å²) in [5.41, 5.74) is 1.66. The van der Waals surface area contributed by atoms with Gasteiger partial charge in [-0.1, -0.05) is 61.5 Å². The second-order valence-electron chi connectivity index (χ2n) is 13.5. The number of amides is 3. The van der Waals surface area contributed by atoms with Gasteiger partial charge in [0.25, 0.3) is 5.91 Å². The summed E-state index contributed by atoms with van der Waals surface area (Å²) in [5, 5.41) is 9.41. The Morgan fingerprint density at radius 3 is 2.43 bits per heavy atom. The largest absolute Gasteiger partial charge is 0.396 e. The molecule has 246 valence electrons. The first kappa shape index (κ1) is 33.6. The zero-order chi connectivity index (χ0) is 33.2. The third-order valence-corrected chi connectivity index (χ3v) is 10.5. The van der Waals surface area contributed by atoms with Crippen LogP contribution in [-0.4, -0.2) is 76.1 Å². The van der Waals surface area contributed by atoms with Gasteiger partial charge in [0.15, 0.2) is 0 Å². The van der Waals surface area contributed by atoms with Crippen molar-refractivity contribution in [2.24, 2.45) is 17.8 Å². The third kappa shape index (κ3) is 5.71. The lowest BCUT2D eigenvalue weighted by molar-refractivity contribution is -0.151. The maximum atomic E-state index is 15.0. The number of aliphatic hydroxyl groups is 1. The molecule has 0 saturated carbocycles. The number of ether oxygens (including phenoxy) is 1. The molecule has 5 rings (SSSR count). The van der Waals surface area contributed by atoms with Gasteiger partial charge in [-0.3, -0.25) is 14.4 Å². The van der Waals surface area contributed by atoms with E-state index >= 15 is 0 Å². The Hall–Kier alpha value is -3.75. The van der Waals surface area contributed by atoms with Crippen LogP contribution < -0.4 is 4.90 Å². The quantitative estimate of drug-likeness (QED) is 0.230. The molecule has 8 nitrogen and oxygen atoms in total. The van der Waals surface area contributed by atoms with Crippen molar-refractivity contribution in [3.05, 3.63) is 90.5 Å². The van der Waals surface area contributed by atoms with Gasteiger partial charge in [0.05, 0.1) is 17.4 Å². The molecule has 3 saturated heterocycles. The molecule has 1 N–H and O–H groups in total. The minimum Gasteiger partial charge on any atom is -0.396 e. The molecule has 46 heavy (non-hydrogen) atoms. The lowest BCUT2D eigenvalue weighted by Crippen LogP contribution is -2.57. The molecule has 3 heterocycles. The summed E-state index contributed by atoms with van der Waals surface area (Å²) in [4.78, 5) is 49.6. The van der Waals surface area contributed by atoms with E-state index in [2.05, 4.69) is 20.1 Å². The van der Waals surface area contributed by atoms with E-state index in [9.17, 15) is 19.5 Å². The Kier molecular flexibility index (Phi) is 9.89. The number of hydrogen-bond donors (Lipinski definition) is 1. The number of carbonyl (C=O) groups excluding carboxylic acids is 3. The second-order valence-corrected chi connectivity index (χ2v) is 13.5. The number of fused-ring (bicyclic) bond motifs is 1. The van der Waals surface area contributed by atoms with Crippen LogP contribution in [0.4, 0.5) is 5.69 Å². The molecule has 3 amide bonds. The molecule has 3 aliphatic heterocycles. The first-order valence-corrected chi connectivity index (χ1v) is 16.6.